The van der Waals surface area contributed by atoms with E-state index < -0.39 is 39.1 Å². The number of H-pyrrole nitrogens is 1. The van der Waals surface area contributed by atoms with Crippen molar-refractivity contribution in [3.63, 3.8) is 0 Å². The van der Waals surface area contributed by atoms with E-state index in [4.69, 9.17) is 0 Å². The van der Waals surface area contributed by atoms with Gasteiger partial charge in [0.05, 0.1) is 18.1 Å². The van der Waals surface area contributed by atoms with Gasteiger partial charge in [-0.1, -0.05) is 22.0 Å². The van der Waals surface area contributed by atoms with Crippen LogP contribution in [0.1, 0.15) is 41.0 Å². The van der Waals surface area contributed by atoms with E-state index in [1.54, 1.807) is 6.07 Å². The lowest BCUT2D eigenvalue weighted by molar-refractivity contribution is -0.141. The van der Waals surface area contributed by atoms with Crippen molar-refractivity contribution in [2.75, 3.05) is 18.1 Å². The molecule has 0 radical (unpaired) electrons. The van der Waals surface area contributed by atoms with Crippen LogP contribution in [0.3, 0.4) is 0 Å². The largest absolute Gasteiger partial charge is 0.432 e. The number of amides is 1. The van der Waals surface area contributed by atoms with E-state index in [1.807, 2.05) is 5.10 Å². The van der Waals surface area contributed by atoms with Crippen LogP contribution in [-0.2, 0) is 22.6 Å². The van der Waals surface area contributed by atoms with Crippen molar-refractivity contribution in [2.45, 2.75) is 32.0 Å². The average molecular weight is 526 g/mol. The topological polar surface area (TPSA) is 83.1 Å². The second-order valence-electron chi connectivity index (χ2n) is 7.48. The number of nitrogens with one attached hydrogen (secondary N) is 1. The van der Waals surface area contributed by atoms with Gasteiger partial charge in [-0.05, 0) is 37.3 Å². The summed E-state index contributed by atoms with van der Waals surface area (Å²) in [4.78, 5) is 14.2. The van der Waals surface area contributed by atoms with Crippen molar-refractivity contribution in [3.05, 3.63) is 51.5 Å². The van der Waals surface area contributed by atoms with Crippen LogP contribution in [-0.4, -0.2) is 47.5 Å². The number of aromatic nitrogens is 2. The smallest absolute Gasteiger partial charge is 0.333 e. The Kier molecular flexibility index (Phi) is 7.09. The molecular formula is C19H20BrF4N3O3S. The van der Waals surface area contributed by atoms with E-state index in [2.05, 4.69) is 21.0 Å². The number of carbonyl (C=O) groups excluding carboxylic acids is 1. The summed E-state index contributed by atoms with van der Waals surface area (Å²) in [6.45, 7) is -0.0517. The Morgan fingerprint density at radius 1 is 1.26 bits per heavy atom. The van der Waals surface area contributed by atoms with E-state index in [-0.39, 0.29) is 36.1 Å². The Bertz CT molecular complexity index is 1020. The van der Waals surface area contributed by atoms with Gasteiger partial charge in [0.1, 0.15) is 21.3 Å². The SMILES string of the molecule is O=C(c1cc(C(F)(F)F)[nH]n1)N(CCC1CCS(=O)(=O)CC1)Cc1c(F)cccc1Br. The van der Waals surface area contributed by atoms with E-state index in [1.165, 1.54) is 17.0 Å². The molecule has 0 unspecified atom stereocenters. The van der Waals surface area contributed by atoms with Crippen LogP contribution in [0.4, 0.5) is 17.6 Å². The highest BCUT2D eigenvalue weighted by atomic mass is 79.9. The lowest BCUT2D eigenvalue weighted by Gasteiger charge is -2.27. The van der Waals surface area contributed by atoms with E-state index >= 15 is 0 Å². The van der Waals surface area contributed by atoms with Crippen LogP contribution >= 0.6 is 15.9 Å². The maximum absolute atomic E-state index is 14.3. The molecule has 1 fully saturated rings. The molecule has 6 nitrogen and oxygen atoms in total. The molecule has 2 heterocycles. The summed E-state index contributed by atoms with van der Waals surface area (Å²) < 4.78 is 76.6. The van der Waals surface area contributed by atoms with Crippen molar-refractivity contribution in [1.29, 1.82) is 0 Å². The second-order valence-corrected chi connectivity index (χ2v) is 10.6. The number of hydrogen-bond donors (Lipinski definition) is 1. The lowest BCUT2D eigenvalue weighted by atomic mass is 9.98. The van der Waals surface area contributed by atoms with Crippen molar-refractivity contribution >= 4 is 31.7 Å². The molecule has 1 aromatic heterocycles. The fourth-order valence-corrected chi connectivity index (χ4v) is 5.49. The van der Waals surface area contributed by atoms with Crippen molar-refractivity contribution in [3.8, 4) is 0 Å². The Morgan fingerprint density at radius 2 is 1.94 bits per heavy atom. The summed E-state index contributed by atoms with van der Waals surface area (Å²) in [7, 11) is -3.04. The minimum absolute atomic E-state index is 0.0489. The molecule has 0 atom stereocenters. The van der Waals surface area contributed by atoms with E-state index in [9.17, 15) is 30.8 Å². The number of alkyl halides is 3. The average Bonchev–Trinajstić information content (AvgIpc) is 3.18. The monoisotopic (exact) mass is 525 g/mol. The first-order valence-corrected chi connectivity index (χ1v) is 12.1. The first-order valence-electron chi connectivity index (χ1n) is 9.51. The molecular weight excluding hydrogens is 506 g/mol. The van der Waals surface area contributed by atoms with Gasteiger partial charge < -0.3 is 4.90 Å². The Morgan fingerprint density at radius 3 is 2.52 bits per heavy atom. The predicted octanol–water partition coefficient (Wildman–Crippen LogP) is 4.19. The molecule has 1 N–H and O–H groups in total. The highest BCUT2D eigenvalue weighted by Crippen LogP contribution is 2.29. The summed E-state index contributed by atoms with van der Waals surface area (Å²) in [5.74, 6) is -1.15. The van der Waals surface area contributed by atoms with Gasteiger partial charge >= 0.3 is 6.18 Å². The lowest BCUT2D eigenvalue weighted by Crippen LogP contribution is -2.34. The summed E-state index contributed by atoms with van der Waals surface area (Å²) in [6, 6.07) is 4.94. The second kappa shape index (κ2) is 9.27. The van der Waals surface area contributed by atoms with Gasteiger partial charge in [-0.3, -0.25) is 9.89 Å². The molecule has 3 rings (SSSR count). The summed E-state index contributed by atoms with van der Waals surface area (Å²) in [5, 5.41) is 5.29. The molecule has 0 saturated carbocycles. The van der Waals surface area contributed by atoms with E-state index in [0.717, 1.165) is 0 Å². The van der Waals surface area contributed by atoms with Gasteiger partial charge in [-0.25, -0.2) is 12.8 Å². The van der Waals surface area contributed by atoms with Crippen molar-refractivity contribution < 1.29 is 30.8 Å². The first kappa shape index (κ1) is 23.7. The molecule has 2 aromatic rings. The molecule has 1 aliphatic heterocycles. The summed E-state index contributed by atoms with van der Waals surface area (Å²) in [6.07, 6.45) is -3.33. The van der Waals surface area contributed by atoms with Gasteiger partial charge in [0, 0.05) is 22.6 Å². The number of halogens is 5. The van der Waals surface area contributed by atoms with E-state index in [0.29, 0.717) is 29.8 Å². The molecule has 1 aliphatic rings. The Labute approximate surface area is 185 Å². The number of hydrogen-bond acceptors (Lipinski definition) is 4. The van der Waals surface area contributed by atoms with Crippen LogP contribution in [0.2, 0.25) is 0 Å². The zero-order valence-electron chi connectivity index (χ0n) is 16.3. The molecule has 12 heteroatoms. The van der Waals surface area contributed by atoms with Crippen LogP contribution in [0.15, 0.2) is 28.7 Å². The Hall–Kier alpha value is -1.95. The van der Waals surface area contributed by atoms with Gasteiger partial charge in [0.25, 0.3) is 5.91 Å². The summed E-state index contributed by atoms with van der Waals surface area (Å²) in [5.41, 5.74) is -1.39. The number of carbonyl (C=O) groups is 1. The first-order chi connectivity index (χ1) is 14.5. The third kappa shape index (κ3) is 6.06. The minimum atomic E-state index is -4.68. The quantitative estimate of drug-likeness (QED) is 0.573. The molecule has 0 aliphatic carbocycles. The standard InChI is InChI=1S/C19H20BrF4N3O3S/c20-14-2-1-3-15(21)13(14)11-27(7-4-12-5-8-31(29,30)9-6-12)18(28)16-10-17(26-25-16)19(22,23)24/h1-3,10,12H,4-9,11H2,(H,25,26). The van der Waals surface area contributed by atoms with Crippen LogP contribution < -0.4 is 0 Å². The molecule has 1 saturated heterocycles. The maximum atomic E-state index is 14.3. The van der Waals surface area contributed by atoms with Crippen LogP contribution in [0.25, 0.3) is 0 Å². The van der Waals surface area contributed by atoms with Crippen LogP contribution in [0, 0.1) is 11.7 Å². The molecule has 1 aromatic carbocycles. The highest BCUT2D eigenvalue weighted by Gasteiger charge is 2.34. The summed E-state index contributed by atoms with van der Waals surface area (Å²) >= 11 is 3.24. The van der Waals surface area contributed by atoms with Gasteiger partial charge in [-0.15, -0.1) is 0 Å². The molecule has 0 bridgehead atoms. The molecule has 1 amide bonds. The molecule has 31 heavy (non-hydrogen) atoms. The number of benzene rings is 1. The van der Waals surface area contributed by atoms with Gasteiger partial charge in [0.2, 0.25) is 0 Å². The van der Waals surface area contributed by atoms with Crippen molar-refractivity contribution in [1.82, 2.24) is 15.1 Å². The molecule has 170 valence electrons. The maximum Gasteiger partial charge on any atom is 0.432 e. The zero-order valence-corrected chi connectivity index (χ0v) is 18.7. The fourth-order valence-electron chi connectivity index (χ4n) is 3.43. The number of sulfone groups is 1. The fraction of sp³-hybridized carbons (Fsp3) is 0.474. The number of rotatable bonds is 6. The minimum Gasteiger partial charge on any atom is -0.333 e. The Balaban J connectivity index is 1.80. The third-order valence-corrected chi connectivity index (χ3v) is 7.74. The van der Waals surface area contributed by atoms with Gasteiger partial charge in [-0.2, -0.15) is 18.3 Å². The normalized spacial score (nSPS) is 16.9. The third-order valence-electron chi connectivity index (χ3n) is 5.28. The van der Waals surface area contributed by atoms with Crippen LogP contribution in [0.5, 0.6) is 0 Å². The molecule has 0 spiro atoms. The van der Waals surface area contributed by atoms with Gasteiger partial charge in [0.15, 0.2) is 5.69 Å². The number of nitrogens with zero attached hydrogens (tertiary/aromatic N) is 2. The highest BCUT2D eigenvalue weighted by molar-refractivity contribution is 9.10. The van der Waals surface area contributed by atoms with Crippen molar-refractivity contribution in [2.24, 2.45) is 5.92 Å². The number of aromatic amines is 1. The predicted molar refractivity (Wildman–Crippen MR) is 108 cm³/mol. The zero-order chi connectivity index (χ0) is 22.8.